The van der Waals surface area contributed by atoms with Gasteiger partial charge in [0.05, 0.1) is 79.3 Å². The van der Waals surface area contributed by atoms with Gasteiger partial charge in [0, 0.05) is 13.7 Å². The summed E-state index contributed by atoms with van der Waals surface area (Å²) in [6.45, 7) is 8.21. The first kappa shape index (κ1) is 23.7. The van der Waals surface area contributed by atoms with Crippen molar-refractivity contribution in [1.29, 1.82) is 0 Å². The van der Waals surface area contributed by atoms with Crippen molar-refractivity contribution in [3.8, 4) is 0 Å². The van der Waals surface area contributed by atoms with Crippen molar-refractivity contribution >= 4 is 0 Å². The van der Waals surface area contributed by atoms with Gasteiger partial charge in [0.1, 0.15) is 0 Å². The Labute approximate surface area is 145 Å². The fourth-order valence-electron chi connectivity index (χ4n) is 1.53. The number of methoxy groups -OCH3 is 1. The van der Waals surface area contributed by atoms with E-state index in [1.807, 2.05) is 0 Å². The molecule has 0 fully saturated rings. The lowest BCUT2D eigenvalue weighted by atomic mass is 10.5. The first-order valence-corrected chi connectivity index (χ1v) is 8.57. The van der Waals surface area contributed by atoms with Crippen molar-refractivity contribution < 1.29 is 33.2 Å². The molecular weight excluding hydrogens is 318 g/mol. The summed E-state index contributed by atoms with van der Waals surface area (Å²) in [5, 5.41) is 0. The molecule has 0 rings (SSSR count). The maximum Gasteiger partial charge on any atom is 0.0701 e. The van der Waals surface area contributed by atoms with Crippen molar-refractivity contribution in [2.24, 2.45) is 5.73 Å². The Hall–Kier alpha value is -0.320. The molecule has 8 nitrogen and oxygen atoms in total. The predicted molar refractivity (Wildman–Crippen MR) is 90.5 cm³/mol. The van der Waals surface area contributed by atoms with E-state index >= 15 is 0 Å². The van der Waals surface area contributed by atoms with E-state index in [-0.39, 0.29) is 0 Å². The Morgan fingerprint density at radius 1 is 0.458 bits per heavy atom. The molecule has 0 heterocycles. The standard InChI is InChI=1S/C16H35NO7/c1-18-5-6-20-9-10-22-13-14-24-16-15-23-12-11-21-8-7-19-4-2-3-17/h2-17H2,1H3. The topological polar surface area (TPSA) is 90.6 Å². The van der Waals surface area contributed by atoms with Crippen LogP contribution in [-0.2, 0) is 33.2 Å². The zero-order valence-corrected chi connectivity index (χ0v) is 15.0. The van der Waals surface area contributed by atoms with E-state index in [0.29, 0.717) is 92.4 Å². The highest BCUT2D eigenvalue weighted by molar-refractivity contribution is 4.38. The van der Waals surface area contributed by atoms with Crippen LogP contribution in [0, 0.1) is 0 Å². The molecule has 0 saturated heterocycles. The second-order valence-electron chi connectivity index (χ2n) is 4.81. The minimum atomic E-state index is 0.551. The normalized spacial score (nSPS) is 11.2. The van der Waals surface area contributed by atoms with E-state index in [9.17, 15) is 0 Å². The maximum atomic E-state index is 5.38. The summed E-state index contributed by atoms with van der Waals surface area (Å²) >= 11 is 0. The van der Waals surface area contributed by atoms with E-state index in [0.717, 1.165) is 6.42 Å². The first-order valence-electron chi connectivity index (χ1n) is 8.57. The molecule has 0 saturated carbocycles. The van der Waals surface area contributed by atoms with Crippen molar-refractivity contribution in [2.45, 2.75) is 6.42 Å². The minimum Gasteiger partial charge on any atom is -0.382 e. The summed E-state index contributed by atoms with van der Waals surface area (Å²) in [4.78, 5) is 0. The zero-order chi connectivity index (χ0) is 17.6. The molecule has 0 radical (unpaired) electrons. The number of rotatable bonds is 21. The number of hydrogen-bond donors (Lipinski definition) is 1. The molecule has 0 aromatic carbocycles. The van der Waals surface area contributed by atoms with Crippen LogP contribution in [0.15, 0.2) is 0 Å². The van der Waals surface area contributed by atoms with Crippen LogP contribution in [-0.4, -0.2) is 99.5 Å². The Balaban J connectivity index is 2.93. The third kappa shape index (κ3) is 21.7. The van der Waals surface area contributed by atoms with E-state index in [2.05, 4.69) is 0 Å². The third-order valence-corrected chi connectivity index (χ3v) is 2.78. The van der Waals surface area contributed by atoms with Crippen LogP contribution in [0.5, 0.6) is 0 Å². The van der Waals surface area contributed by atoms with E-state index < -0.39 is 0 Å². The molecule has 0 aliphatic rings. The maximum absolute atomic E-state index is 5.38. The van der Waals surface area contributed by atoms with Gasteiger partial charge in [-0.2, -0.15) is 0 Å². The molecule has 0 spiro atoms. The molecule has 2 N–H and O–H groups in total. The molecule has 0 aliphatic heterocycles. The molecule has 0 atom stereocenters. The van der Waals surface area contributed by atoms with E-state index in [4.69, 9.17) is 38.9 Å². The van der Waals surface area contributed by atoms with Gasteiger partial charge >= 0.3 is 0 Å². The second kappa shape index (κ2) is 22.7. The van der Waals surface area contributed by atoms with Crippen LogP contribution >= 0.6 is 0 Å². The Morgan fingerprint density at radius 2 is 0.750 bits per heavy atom. The zero-order valence-electron chi connectivity index (χ0n) is 15.0. The van der Waals surface area contributed by atoms with Gasteiger partial charge in [-0.1, -0.05) is 0 Å². The van der Waals surface area contributed by atoms with Gasteiger partial charge in [-0.15, -0.1) is 0 Å². The number of ether oxygens (including phenoxy) is 7. The van der Waals surface area contributed by atoms with Gasteiger partial charge in [-0.05, 0) is 13.0 Å². The van der Waals surface area contributed by atoms with Crippen molar-refractivity contribution in [2.75, 3.05) is 99.5 Å². The van der Waals surface area contributed by atoms with Gasteiger partial charge in [0.2, 0.25) is 0 Å². The first-order chi connectivity index (χ1) is 11.9. The quantitative estimate of drug-likeness (QED) is 0.290. The number of hydrogen-bond acceptors (Lipinski definition) is 8. The Morgan fingerprint density at radius 3 is 1.04 bits per heavy atom. The predicted octanol–water partition coefficient (Wildman–Crippen LogP) is 0.0812. The third-order valence-electron chi connectivity index (χ3n) is 2.78. The molecule has 0 amide bonds. The Kier molecular flexibility index (Phi) is 22.4. The van der Waals surface area contributed by atoms with Gasteiger partial charge in [-0.25, -0.2) is 0 Å². The monoisotopic (exact) mass is 353 g/mol. The SMILES string of the molecule is COCCOCCOCCOCCOCCOCCOCCCN. The fraction of sp³-hybridized carbons (Fsp3) is 1.00. The van der Waals surface area contributed by atoms with Crippen molar-refractivity contribution in [3.63, 3.8) is 0 Å². The van der Waals surface area contributed by atoms with Crippen LogP contribution < -0.4 is 5.73 Å². The van der Waals surface area contributed by atoms with Crippen LogP contribution in [0.1, 0.15) is 6.42 Å². The minimum absolute atomic E-state index is 0.551. The number of nitrogens with two attached hydrogens (primary N) is 1. The summed E-state index contributed by atoms with van der Waals surface area (Å²) in [6.07, 6.45) is 0.885. The molecule has 24 heavy (non-hydrogen) atoms. The van der Waals surface area contributed by atoms with Crippen molar-refractivity contribution in [3.05, 3.63) is 0 Å². The molecule has 0 aliphatic carbocycles. The van der Waals surface area contributed by atoms with Gasteiger partial charge in [-0.3, -0.25) is 0 Å². The summed E-state index contributed by atoms with van der Waals surface area (Å²) in [5.41, 5.74) is 5.36. The van der Waals surface area contributed by atoms with E-state index in [1.54, 1.807) is 7.11 Å². The average Bonchev–Trinajstić information content (AvgIpc) is 2.60. The molecule has 0 aromatic heterocycles. The smallest absolute Gasteiger partial charge is 0.0701 e. The van der Waals surface area contributed by atoms with Gasteiger partial charge in [0.25, 0.3) is 0 Å². The van der Waals surface area contributed by atoms with E-state index in [1.165, 1.54) is 0 Å². The summed E-state index contributed by atoms with van der Waals surface area (Å²) in [6, 6.07) is 0. The van der Waals surface area contributed by atoms with Gasteiger partial charge < -0.3 is 38.9 Å². The summed E-state index contributed by atoms with van der Waals surface area (Å²) in [7, 11) is 1.65. The highest BCUT2D eigenvalue weighted by Crippen LogP contribution is 1.85. The lowest BCUT2D eigenvalue weighted by Gasteiger charge is -2.08. The summed E-state index contributed by atoms with van der Waals surface area (Å²) in [5.74, 6) is 0. The second-order valence-corrected chi connectivity index (χ2v) is 4.81. The molecular formula is C16H35NO7. The van der Waals surface area contributed by atoms with Gasteiger partial charge in [0.15, 0.2) is 0 Å². The van der Waals surface area contributed by atoms with Crippen molar-refractivity contribution in [1.82, 2.24) is 0 Å². The highest BCUT2D eigenvalue weighted by atomic mass is 16.6. The molecule has 0 bridgehead atoms. The van der Waals surface area contributed by atoms with Crippen LogP contribution in [0.2, 0.25) is 0 Å². The largest absolute Gasteiger partial charge is 0.382 e. The lowest BCUT2D eigenvalue weighted by Crippen LogP contribution is -2.14. The molecule has 0 aromatic rings. The van der Waals surface area contributed by atoms with Crippen LogP contribution in [0.4, 0.5) is 0 Å². The summed E-state index contributed by atoms with van der Waals surface area (Å²) < 4.78 is 36.9. The molecule has 146 valence electrons. The fourth-order valence-corrected chi connectivity index (χ4v) is 1.53. The molecule has 0 unspecified atom stereocenters. The molecule has 8 heteroatoms. The lowest BCUT2D eigenvalue weighted by molar-refractivity contribution is -0.0191. The Bertz CT molecular complexity index is 201. The van der Waals surface area contributed by atoms with Crippen LogP contribution in [0.25, 0.3) is 0 Å². The average molecular weight is 353 g/mol. The van der Waals surface area contributed by atoms with Crippen LogP contribution in [0.3, 0.4) is 0 Å². The highest BCUT2D eigenvalue weighted by Gasteiger charge is 1.94.